The minimum Gasteiger partial charge on any atom is -1.00 e. The summed E-state index contributed by atoms with van der Waals surface area (Å²) < 4.78 is 0. The van der Waals surface area contributed by atoms with E-state index in [1.807, 2.05) is 0 Å². The Kier molecular flexibility index (Phi) is 146. The van der Waals surface area contributed by atoms with Gasteiger partial charge in [-0.05, 0) is 0 Å². The summed E-state index contributed by atoms with van der Waals surface area (Å²) in [5, 5.41) is 0. The van der Waals surface area contributed by atoms with Crippen molar-refractivity contribution in [3.63, 3.8) is 0 Å². The Morgan fingerprint density at radius 1 is 0.400 bits per heavy atom. The van der Waals surface area contributed by atoms with Crippen molar-refractivity contribution in [1.29, 1.82) is 0 Å². The number of hydrogen-bond donors (Lipinski definition) is 6. The van der Waals surface area contributed by atoms with Crippen LogP contribution >= 0.6 is 0 Å². The van der Waals surface area contributed by atoms with Crippen LogP contribution in [-0.2, 0) is 16.8 Å². The third kappa shape index (κ3) is 166. The summed E-state index contributed by atoms with van der Waals surface area (Å²) in [7, 11) is 0. The van der Waals surface area contributed by atoms with Crippen molar-refractivity contribution in [2.45, 2.75) is 0 Å². The molecule has 9 heteroatoms. The van der Waals surface area contributed by atoms with Crippen LogP contribution in [0, 0.1) is 0 Å². The normalized spacial score (nSPS) is 6.00. The Balaban J connectivity index is -0.0000000184. The molecule has 0 spiro atoms. The number of nitrogens with two attached hydrogens (primary N) is 6. The summed E-state index contributed by atoms with van der Waals surface area (Å²) in [5.74, 6) is 0. The van der Waals surface area contributed by atoms with Crippen molar-refractivity contribution in [3.8, 4) is 0 Å². The van der Waals surface area contributed by atoms with E-state index in [1.165, 1.54) is 0 Å². The minimum absolute atomic E-state index is 0. The maximum atomic E-state index is 4.90. The van der Waals surface area contributed by atoms with Crippen LogP contribution in [-0.4, -0.2) is 39.3 Å². The van der Waals surface area contributed by atoms with Gasteiger partial charge in [0.2, 0.25) is 0 Å². The van der Waals surface area contributed by atoms with Crippen molar-refractivity contribution in [2.24, 2.45) is 34.4 Å². The molecule has 0 amide bonds. The van der Waals surface area contributed by atoms with Crippen LogP contribution in [0.3, 0.4) is 0 Å². The molecule has 12 N–H and O–H groups in total. The first-order valence-corrected chi connectivity index (χ1v) is 3.95. The summed E-state index contributed by atoms with van der Waals surface area (Å²) in [6.45, 7) is 3.58. The maximum absolute atomic E-state index is 4.90. The van der Waals surface area contributed by atoms with Gasteiger partial charge in [-0.3, -0.25) is 0 Å². The standard InChI is InChI=1S/3C2H8N2.2ClH.Co/c3*3-1-2-4;;;/h3*1-4H2;2*1H;/q;;;;;+2/p-2. The zero-order valence-corrected chi connectivity index (χ0v) is 11.3. The van der Waals surface area contributed by atoms with E-state index in [0.717, 1.165) is 0 Å². The molecule has 0 unspecified atom stereocenters. The molecule has 0 atom stereocenters. The predicted molar refractivity (Wildman–Crippen MR) is 54.3 cm³/mol. The van der Waals surface area contributed by atoms with Gasteiger partial charge in [-0.1, -0.05) is 0 Å². The molecule has 6 nitrogen and oxygen atoms in total. The van der Waals surface area contributed by atoms with Crippen molar-refractivity contribution in [1.82, 2.24) is 0 Å². The molecule has 0 bridgehead atoms. The van der Waals surface area contributed by atoms with E-state index in [1.54, 1.807) is 0 Å². The van der Waals surface area contributed by atoms with Gasteiger partial charge in [-0.25, -0.2) is 0 Å². The third-order valence-corrected chi connectivity index (χ3v) is 0.500. The zero-order valence-electron chi connectivity index (χ0n) is 8.80. The SMILES string of the molecule is NCCN.NCCN.NCCN.[Cl-].[Cl-].[Co+2]. The van der Waals surface area contributed by atoms with E-state index in [2.05, 4.69) is 0 Å². The van der Waals surface area contributed by atoms with Gasteiger partial charge in [0.05, 0.1) is 0 Å². The van der Waals surface area contributed by atoms with Crippen LogP contribution in [0.5, 0.6) is 0 Å². The summed E-state index contributed by atoms with van der Waals surface area (Å²) in [5.41, 5.74) is 29.4. The smallest absolute Gasteiger partial charge is 1.00 e. The van der Waals surface area contributed by atoms with E-state index in [0.29, 0.717) is 39.3 Å². The molecule has 0 heterocycles. The van der Waals surface area contributed by atoms with E-state index < -0.39 is 0 Å². The molecule has 0 aromatic rings. The predicted octanol–water partition coefficient (Wildman–Crippen LogP) is -9.28. The molecule has 0 fully saturated rings. The largest absolute Gasteiger partial charge is 2.00 e. The molecule has 0 rings (SSSR count). The number of hydrogen-bond acceptors (Lipinski definition) is 6. The second-order valence-electron chi connectivity index (χ2n) is 1.73. The van der Waals surface area contributed by atoms with E-state index in [-0.39, 0.29) is 41.6 Å². The monoisotopic (exact) mass is 309 g/mol. The Labute approximate surface area is 115 Å². The van der Waals surface area contributed by atoms with Gasteiger partial charge in [0.25, 0.3) is 0 Å². The number of rotatable bonds is 3. The Morgan fingerprint density at radius 3 is 0.467 bits per heavy atom. The van der Waals surface area contributed by atoms with Gasteiger partial charge in [0, 0.05) is 39.3 Å². The van der Waals surface area contributed by atoms with Gasteiger partial charge in [-0.2, -0.15) is 0 Å². The first-order valence-electron chi connectivity index (χ1n) is 3.95. The van der Waals surface area contributed by atoms with E-state index in [4.69, 9.17) is 34.4 Å². The van der Waals surface area contributed by atoms with Gasteiger partial charge < -0.3 is 59.2 Å². The molecular formula is C6H24Cl2CoN6. The molecule has 0 aliphatic heterocycles. The molecule has 0 aromatic carbocycles. The molecule has 0 aromatic heterocycles. The molecule has 1 radical (unpaired) electrons. The van der Waals surface area contributed by atoms with Crippen LogP contribution in [0.1, 0.15) is 0 Å². The first kappa shape index (κ1) is 36.0. The molecule has 0 saturated heterocycles. The molecule has 15 heavy (non-hydrogen) atoms. The van der Waals surface area contributed by atoms with Gasteiger partial charge in [0.1, 0.15) is 0 Å². The van der Waals surface area contributed by atoms with Crippen molar-refractivity contribution in [2.75, 3.05) is 39.3 Å². The van der Waals surface area contributed by atoms with Crippen LogP contribution < -0.4 is 59.2 Å². The second-order valence-corrected chi connectivity index (χ2v) is 1.73. The van der Waals surface area contributed by atoms with Gasteiger partial charge >= 0.3 is 16.8 Å². The summed E-state index contributed by atoms with van der Waals surface area (Å²) in [6, 6.07) is 0. The topological polar surface area (TPSA) is 156 Å². The third-order valence-electron chi connectivity index (χ3n) is 0.500. The quantitative estimate of drug-likeness (QED) is 0.304. The molecular weight excluding hydrogens is 286 g/mol. The molecule has 0 saturated carbocycles. The van der Waals surface area contributed by atoms with E-state index >= 15 is 0 Å². The molecule has 101 valence electrons. The molecule has 0 aliphatic rings. The Bertz CT molecular complexity index is 41.1. The zero-order chi connectivity index (χ0) is 10.2. The van der Waals surface area contributed by atoms with Crippen LogP contribution in [0.4, 0.5) is 0 Å². The number of halogens is 2. The Hall–Kier alpha value is 0.846. The van der Waals surface area contributed by atoms with Crippen molar-refractivity contribution >= 4 is 0 Å². The fourth-order valence-corrected chi connectivity index (χ4v) is 0. The Morgan fingerprint density at radius 2 is 0.467 bits per heavy atom. The first-order chi connectivity index (χ1) is 5.74. The minimum atomic E-state index is 0. The fourth-order valence-electron chi connectivity index (χ4n) is 0. The molecule has 0 aliphatic carbocycles. The van der Waals surface area contributed by atoms with Gasteiger partial charge in [-0.15, -0.1) is 0 Å². The summed E-state index contributed by atoms with van der Waals surface area (Å²) in [6.07, 6.45) is 0. The van der Waals surface area contributed by atoms with Crippen molar-refractivity contribution in [3.05, 3.63) is 0 Å². The maximum Gasteiger partial charge on any atom is 2.00 e. The van der Waals surface area contributed by atoms with Crippen LogP contribution in [0.25, 0.3) is 0 Å². The van der Waals surface area contributed by atoms with E-state index in [9.17, 15) is 0 Å². The van der Waals surface area contributed by atoms with Crippen molar-refractivity contribution < 1.29 is 41.6 Å². The summed E-state index contributed by atoms with van der Waals surface area (Å²) in [4.78, 5) is 0. The average molecular weight is 310 g/mol. The van der Waals surface area contributed by atoms with Gasteiger partial charge in [0.15, 0.2) is 0 Å². The fraction of sp³-hybridized carbons (Fsp3) is 1.00. The van der Waals surface area contributed by atoms with Crippen LogP contribution in [0.2, 0.25) is 0 Å². The second kappa shape index (κ2) is 60.7. The summed E-state index contributed by atoms with van der Waals surface area (Å²) >= 11 is 0. The average Bonchev–Trinajstić information content (AvgIpc) is 2.18. The van der Waals surface area contributed by atoms with Crippen LogP contribution in [0.15, 0.2) is 0 Å².